The summed E-state index contributed by atoms with van der Waals surface area (Å²) in [6, 6.07) is 4.55. The number of aliphatic hydroxyl groups excluding tert-OH is 2. The summed E-state index contributed by atoms with van der Waals surface area (Å²) in [7, 11) is 1.52. The lowest BCUT2D eigenvalue weighted by Crippen LogP contribution is -2.55. The molecule has 1 fully saturated rings. The van der Waals surface area contributed by atoms with Crippen LogP contribution in [0.4, 0.5) is 5.13 Å². The quantitative estimate of drug-likeness (QED) is 0.464. The topological polar surface area (TPSA) is 129 Å². The third kappa shape index (κ3) is 4.69. The maximum Gasteiger partial charge on any atom is 0.180 e. The van der Waals surface area contributed by atoms with Crippen molar-refractivity contribution in [2.75, 3.05) is 19.5 Å². The Kier molecular flexibility index (Phi) is 7.04. The van der Waals surface area contributed by atoms with Crippen molar-refractivity contribution in [1.82, 2.24) is 20.0 Å². The summed E-state index contributed by atoms with van der Waals surface area (Å²) >= 11 is 14.8. The Morgan fingerprint density at radius 1 is 1.32 bits per heavy atom. The Bertz CT molecular complexity index is 1050. The van der Waals surface area contributed by atoms with Gasteiger partial charge >= 0.3 is 0 Å². The van der Waals surface area contributed by atoms with Crippen LogP contribution in [-0.4, -0.2) is 67.7 Å². The number of benzene rings is 1. The summed E-state index contributed by atoms with van der Waals surface area (Å²) in [5, 5.41) is 32.1. The molecule has 0 saturated carbocycles. The van der Waals surface area contributed by atoms with Gasteiger partial charge in [-0.05, 0) is 18.2 Å². The number of anilines is 1. The number of hydrogen-bond donors (Lipinski definition) is 3. The van der Waals surface area contributed by atoms with Crippen LogP contribution in [0.1, 0.15) is 6.04 Å². The van der Waals surface area contributed by atoms with Crippen molar-refractivity contribution in [3.63, 3.8) is 0 Å². The van der Waals surface area contributed by atoms with Crippen LogP contribution in [-0.2, 0) is 9.47 Å². The van der Waals surface area contributed by atoms with E-state index in [1.54, 1.807) is 23.7 Å². The van der Waals surface area contributed by atoms with Crippen molar-refractivity contribution in [2.45, 2.75) is 34.7 Å². The van der Waals surface area contributed by atoms with Gasteiger partial charge < -0.3 is 25.4 Å². The van der Waals surface area contributed by atoms with Gasteiger partial charge in [0.05, 0.1) is 22.8 Å². The van der Waals surface area contributed by atoms with E-state index >= 15 is 0 Å². The second-order valence-electron chi connectivity index (χ2n) is 6.76. The lowest BCUT2D eigenvalue weighted by Gasteiger charge is -2.43. The van der Waals surface area contributed by atoms with E-state index in [0.29, 0.717) is 26.6 Å². The predicted molar refractivity (Wildman–Crippen MR) is 119 cm³/mol. The summed E-state index contributed by atoms with van der Waals surface area (Å²) < 4.78 is 13.2. The molecular formula is C18H19Cl2N5O4S2. The predicted octanol–water partition coefficient (Wildman–Crippen LogP) is 2.72. The van der Waals surface area contributed by atoms with Gasteiger partial charge in [0, 0.05) is 17.4 Å². The molecule has 0 bridgehead atoms. The average Bonchev–Trinajstić information content (AvgIpc) is 3.40. The van der Waals surface area contributed by atoms with Gasteiger partial charge in [0.25, 0.3) is 0 Å². The molecule has 9 nitrogen and oxygen atoms in total. The molecule has 0 radical (unpaired) electrons. The van der Waals surface area contributed by atoms with Crippen LogP contribution in [0.3, 0.4) is 0 Å². The zero-order chi connectivity index (χ0) is 22.1. The van der Waals surface area contributed by atoms with Crippen LogP contribution in [0.25, 0.3) is 11.4 Å². The van der Waals surface area contributed by atoms with Crippen molar-refractivity contribution in [2.24, 2.45) is 0 Å². The number of aromatic nitrogens is 4. The van der Waals surface area contributed by atoms with Crippen molar-refractivity contribution in [1.29, 1.82) is 0 Å². The molecule has 4 rings (SSSR count). The summed E-state index contributed by atoms with van der Waals surface area (Å²) in [5.41, 5.74) is 6.23. The molecule has 2 aromatic heterocycles. The molecule has 3 heterocycles. The van der Waals surface area contributed by atoms with E-state index in [1.807, 2.05) is 6.07 Å². The molecule has 166 valence electrons. The maximum atomic E-state index is 10.9. The molecule has 31 heavy (non-hydrogen) atoms. The average molecular weight is 504 g/mol. The number of nitrogens with zero attached hydrogens (tertiary/aromatic N) is 4. The highest BCUT2D eigenvalue weighted by molar-refractivity contribution is 7.99. The number of rotatable bonds is 6. The van der Waals surface area contributed by atoms with E-state index in [4.69, 9.17) is 38.4 Å². The number of nitrogens with two attached hydrogens (primary N) is 1. The normalized spacial score (nSPS) is 26.3. The number of methoxy groups -OCH3 is 1. The van der Waals surface area contributed by atoms with Gasteiger partial charge in [-0.15, -0.1) is 16.4 Å². The Morgan fingerprint density at radius 2 is 2.13 bits per heavy atom. The Balaban J connectivity index is 1.64. The summed E-state index contributed by atoms with van der Waals surface area (Å²) in [6.07, 6.45) is -0.892. The fourth-order valence-corrected chi connectivity index (χ4v) is 5.46. The van der Waals surface area contributed by atoms with Gasteiger partial charge in [0.1, 0.15) is 41.2 Å². The molecule has 5 atom stereocenters. The van der Waals surface area contributed by atoms with Gasteiger partial charge in [-0.1, -0.05) is 40.2 Å². The first kappa shape index (κ1) is 22.7. The molecule has 3 unspecified atom stereocenters. The first-order chi connectivity index (χ1) is 14.9. The number of thioether (sulfide) groups is 1. The van der Waals surface area contributed by atoms with Crippen LogP contribution < -0.4 is 5.73 Å². The molecule has 1 aliphatic rings. The van der Waals surface area contributed by atoms with Crippen LogP contribution in [0, 0.1) is 0 Å². The molecule has 0 aliphatic carbocycles. The minimum absolute atomic E-state index is 0.378. The Labute approximate surface area is 196 Å². The number of halogens is 2. The van der Waals surface area contributed by atoms with Gasteiger partial charge in [-0.25, -0.2) is 9.67 Å². The highest BCUT2D eigenvalue weighted by Gasteiger charge is 2.47. The number of aliphatic hydroxyl groups is 2. The molecule has 1 saturated heterocycles. The first-order valence-corrected chi connectivity index (χ1v) is 11.6. The van der Waals surface area contributed by atoms with Crippen molar-refractivity contribution < 1.29 is 19.7 Å². The lowest BCUT2D eigenvalue weighted by atomic mass is 9.97. The van der Waals surface area contributed by atoms with E-state index < -0.39 is 29.8 Å². The molecule has 0 spiro atoms. The van der Waals surface area contributed by atoms with E-state index in [9.17, 15) is 10.2 Å². The lowest BCUT2D eigenvalue weighted by molar-refractivity contribution is -0.186. The van der Waals surface area contributed by atoms with Gasteiger partial charge in [0.15, 0.2) is 5.13 Å². The van der Waals surface area contributed by atoms with Crippen molar-refractivity contribution in [3.8, 4) is 11.4 Å². The molecule has 0 amide bonds. The molecule has 3 aromatic rings. The van der Waals surface area contributed by atoms with Crippen LogP contribution >= 0.6 is 46.3 Å². The minimum atomic E-state index is -1.09. The second kappa shape index (κ2) is 9.59. The van der Waals surface area contributed by atoms with Gasteiger partial charge in [0.2, 0.25) is 0 Å². The molecule has 1 aliphatic heterocycles. The Hall–Kier alpha value is -1.44. The van der Waals surface area contributed by atoms with Crippen LogP contribution in [0.5, 0.6) is 0 Å². The fourth-order valence-electron chi connectivity index (χ4n) is 3.34. The molecule has 13 heteroatoms. The smallest absolute Gasteiger partial charge is 0.180 e. The zero-order valence-electron chi connectivity index (χ0n) is 16.1. The highest BCUT2D eigenvalue weighted by atomic mass is 35.5. The summed E-state index contributed by atoms with van der Waals surface area (Å²) in [6.45, 7) is -0.378. The number of nitrogen functional groups attached to an aromatic ring is 1. The monoisotopic (exact) mass is 503 g/mol. The van der Waals surface area contributed by atoms with Gasteiger partial charge in [-0.2, -0.15) is 0 Å². The summed E-state index contributed by atoms with van der Waals surface area (Å²) in [4.78, 5) is 5.01. The van der Waals surface area contributed by atoms with E-state index in [0.717, 1.165) is 4.90 Å². The van der Waals surface area contributed by atoms with E-state index in [2.05, 4.69) is 15.3 Å². The number of thiazole rings is 1. The highest BCUT2D eigenvalue weighted by Crippen LogP contribution is 2.40. The standard InChI is InChI=1S/C18H19Cl2N5O4S2/c1-28-16-14(25-5-11(23-24-25)12-7-30-18(21)22-12)15(27)13(6-26)29-17(16)31-8-2-3-9(19)10(20)4-8/h2-5,7,13-17,26-27H,6H2,1H3,(H2,21,22)/t13?,14?,15-,16?,17+/m0/s1. The van der Waals surface area contributed by atoms with Gasteiger partial charge in [-0.3, -0.25) is 0 Å². The minimum Gasteiger partial charge on any atom is -0.394 e. The molecule has 4 N–H and O–H groups in total. The zero-order valence-corrected chi connectivity index (χ0v) is 19.3. The van der Waals surface area contributed by atoms with Crippen molar-refractivity contribution in [3.05, 3.63) is 39.8 Å². The fraction of sp³-hybridized carbons (Fsp3) is 0.389. The number of ether oxygens (including phenoxy) is 2. The second-order valence-corrected chi connectivity index (χ2v) is 9.63. The van der Waals surface area contributed by atoms with E-state index in [1.165, 1.54) is 34.9 Å². The first-order valence-electron chi connectivity index (χ1n) is 9.13. The number of hydrogen-bond acceptors (Lipinski definition) is 10. The summed E-state index contributed by atoms with van der Waals surface area (Å²) in [5.74, 6) is 0. The van der Waals surface area contributed by atoms with Crippen molar-refractivity contribution >= 4 is 51.4 Å². The third-order valence-electron chi connectivity index (χ3n) is 4.84. The largest absolute Gasteiger partial charge is 0.394 e. The molecule has 1 aromatic carbocycles. The van der Waals surface area contributed by atoms with Crippen LogP contribution in [0.15, 0.2) is 34.7 Å². The Morgan fingerprint density at radius 3 is 2.77 bits per heavy atom. The third-order valence-corrected chi connectivity index (χ3v) is 7.39. The van der Waals surface area contributed by atoms with Crippen LogP contribution in [0.2, 0.25) is 10.0 Å². The maximum absolute atomic E-state index is 10.9. The SMILES string of the molecule is COC1C(n2cc(-c3csc(N)n3)nn2)[C@@H](O)C(CO)O[C@@H]1Sc1ccc(Cl)c(Cl)c1. The van der Waals surface area contributed by atoms with E-state index in [-0.39, 0.29) is 6.61 Å². The molecular weight excluding hydrogens is 485 g/mol.